The molecule has 2 rings (SSSR count). The molecule has 0 saturated carbocycles. The van der Waals surface area contributed by atoms with Gasteiger partial charge in [0.1, 0.15) is 5.75 Å². The van der Waals surface area contributed by atoms with Gasteiger partial charge in [0.05, 0.1) is 28.3 Å². The van der Waals surface area contributed by atoms with Crippen molar-refractivity contribution in [3.05, 3.63) is 26.7 Å². The number of piperidine rings is 1. The number of ether oxygens (including phenoxy) is 1. The Balaban J connectivity index is 2.46. The highest BCUT2D eigenvalue weighted by atomic mass is 79.9. The van der Waals surface area contributed by atoms with Crippen LogP contribution in [0.1, 0.15) is 26.2 Å². The third-order valence-corrected chi connectivity index (χ3v) is 4.14. The van der Waals surface area contributed by atoms with E-state index in [0.717, 1.165) is 25.1 Å². The Labute approximate surface area is 120 Å². The van der Waals surface area contributed by atoms with E-state index in [-0.39, 0.29) is 5.69 Å². The van der Waals surface area contributed by atoms with Gasteiger partial charge in [0, 0.05) is 18.7 Å². The van der Waals surface area contributed by atoms with Crippen LogP contribution in [0.2, 0.25) is 0 Å². The van der Waals surface area contributed by atoms with Gasteiger partial charge in [-0.1, -0.05) is 0 Å². The van der Waals surface area contributed by atoms with Crippen molar-refractivity contribution < 1.29 is 9.66 Å². The predicted molar refractivity (Wildman–Crippen MR) is 78.0 cm³/mol. The first-order valence-electron chi connectivity index (χ1n) is 6.33. The van der Waals surface area contributed by atoms with Crippen molar-refractivity contribution >= 4 is 27.3 Å². The van der Waals surface area contributed by atoms with Crippen LogP contribution < -0.4 is 9.64 Å². The molecule has 1 aromatic carbocycles. The molecule has 19 heavy (non-hydrogen) atoms. The number of rotatable bonds is 3. The Bertz CT molecular complexity index is 493. The van der Waals surface area contributed by atoms with Gasteiger partial charge in [-0.25, -0.2) is 0 Å². The average molecular weight is 329 g/mol. The fourth-order valence-electron chi connectivity index (χ4n) is 2.53. The molecule has 1 heterocycles. The lowest BCUT2D eigenvalue weighted by Gasteiger charge is -2.36. The van der Waals surface area contributed by atoms with E-state index in [9.17, 15) is 10.1 Å². The van der Waals surface area contributed by atoms with Gasteiger partial charge in [-0.15, -0.1) is 0 Å². The Morgan fingerprint density at radius 1 is 1.47 bits per heavy atom. The lowest BCUT2D eigenvalue weighted by molar-refractivity contribution is -0.385. The number of nitro groups is 1. The van der Waals surface area contributed by atoms with Crippen molar-refractivity contribution in [2.24, 2.45) is 0 Å². The second-order valence-electron chi connectivity index (χ2n) is 4.77. The summed E-state index contributed by atoms with van der Waals surface area (Å²) < 4.78 is 6.06. The first-order valence-corrected chi connectivity index (χ1v) is 7.12. The molecule has 5 nitrogen and oxygen atoms in total. The number of hydrogen-bond acceptors (Lipinski definition) is 4. The minimum absolute atomic E-state index is 0.0390. The second-order valence-corrected chi connectivity index (χ2v) is 5.63. The van der Waals surface area contributed by atoms with Gasteiger partial charge in [0.2, 0.25) is 0 Å². The van der Waals surface area contributed by atoms with Crippen LogP contribution >= 0.6 is 15.9 Å². The van der Waals surface area contributed by atoms with E-state index in [1.54, 1.807) is 13.2 Å². The first-order chi connectivity index (χ1) is 9.04. The minimum Gasteiger partial charge on any atom is -0.494 e. The lowest BCUT2D eigenvalue weighted by atomic mass is 10.0. The fourth-order valence-corrected chi connectivity index (χ4v) is 3.19. The molecule has 1 saturated heterocycles. The number of hydrogen-bond donors (Lipinski definition) is 0. The number of halogens is 1. The molecule has 0 unspecified atom stereocenters. The van der Waals surface area contributed by atoms with E-state index in [4.69, 9.17) is 4.74 Å². The van der Waals surface area contributed by atoms with Crippen LogP contribution in [0.5, 0.6) is 5.75 Å². The summed E-state index contributed by atoms with van der Waals surface area (Å²) in [4.78, 5) is 12.7. The Hall–Kier alpha value is -1.30. The maximum atomic E-state index is 10.9. The molecule has 0 spiro atoms. The van der Waals surface area contributed by atoms with Gasteiger partial charge in [-0.05, 0) is 42.1 Å². The van der Waals surface area contributed by atoms with E-state index in [1.165, 1.54) is 12.5 Å². The zero-order valence-electron chi connectivity index (χ0n) is 11.1. The highest BCUT2D eigenvalue weighted by molar-refractivity contribution is 9.10. The highest BCUT2D eigenvalue weighted by Gasteiger charge is 2.25. The Morgan fingerprint density at radius 3 is 2.79 bits per heavy atom. The predicted octanol–water partition coefficient (Wildman–Crippen LogP) is 3.74. The molecular weight excluding hydrogens is 312 g/mol. The van der Waals surface area contributed by atoms with Crippen molar-refractivity contribution in [1.29, 1.82) is 0 Å². The molecule has 0 amide bonds. The smallest absolute Gasteiger partial charge is 0.274 e. The van der Waals surface area contributed by atoms with E-state index < -0.39 is 4.92 Å². The third-order valence-electron chi connectivity index (χ3n) is 3.53. The van der Waals surface area contributed by atoms with Crippen LogP contribution in [-0.2, 0) is 0 Å². The number of methoxy groups -OCH3 is 1. The fraction of sp³-hybridized carbons (Fsp3) is 0.538. The van der Waals surface area contributed by atoms with E-state index >= 15 is 0 Å². The van der Waals surface area contributed by atoms with Crippen molar-refractivity contribution in [2.75, 3.05) is 18.6 Å². The van der Waals surface area contributed by atoms with Crippen molar-refractivity contribution in [1.82, 2.24) is 0 Å². The molecule has 1 fully saturated rings. The molecule has 1 atom stereocenters. The largest absolute Gasteiger partial charge is 0.494 e. The topological polar surface area (TPSA) is 55.6 Å². The summed E-state index contributed by atoms with van der Waals surface area (Å²) in [5, 5.41) is 10.9. The molecule has 0 bridgehead atoms. The molecule has 0 N–H and O–H groups in total. The first kappa shape index (κ1) is 14.1. The zero-order valence-corrected chi connectivity index (χ0v) is 12.6. The van der Waals surface area contributed by atoms with E-state index in [0.29, 0.717) is 16.3 Å². The molecule has 1 aliphatic heterocycles. The minimum atomic E-state index is -0.406. The SMILES string of the molecule is COc1cc([N+](=O)[O-])cc(Br)c1N1CCCC[C@H]1C. The average Bonchev–Trinajstić information content (AvgIpc) is 2.39. The number of anilines is 1. The normalized spacial score (nSPS) is 19.3. The summed E-state index contributed by atoms with van der Waals surface area (Å²) in [7, 11) is 1.55. The lowest BCUT2D eigenvalue weighted by Crippen LogP contribution is -2.37. The molecule has 0 radical (unpaired) electrons. The van der Waals surface area contributed by atoms with Gasteiger partial charge in [0.15, 0.2) is 0 Å². The number of benzene rings is 1. The second kappa shape index (κ2) is 5.77. The van der Waals surface area contributed by atoms with Crippen LogP contribution in [0.3, 0.4) is 0 Å². The number of non-ortho nitro benzene ring substituents is 1. The van der Waals surface area contributed by atoms with Crippen molar-refractivity contribution in [3.63, 3.8) is 0 Å². The quantitative estimate of drug-likeness (QED) is 0.626. The van der Waals surface area contributed by atoms with E-state index in [2.05, 4.69) is 27.8 Å². The maximum absolute atomic E-state index is 10.9. The Kier molecular flexibility index (Phi) is 4.29. The monoisotopic (exact) mass is 328 g/mol. The summed E-state index contributed by atoms with van der Waals surface area (Å²) in [6, 6.07) is 3.45. The van der Waals surface area contributed by atoms with Gasteiger partial charge < -0.3 is 9.64 Å². The molecule has 6 heteroatoms. The number of nitrogens with zero attached hydrogens (tertiary/aromatic N) is 2. The standard InChI is InChI=1S/C13H17BrN2O3/c1-9-5-3-4-6-15(9)13-11(14)7-10(16(17)18)8-12(13)19-2/h7-9H,3-6H2,1-2H3/t9-/m1/s1. The van der Waals surface area contributed by atoms with Crippen LogP contribution in [0.25, 0.3) is 0 Å². The third kappa shape index (κ3) is 2.83. The van der Waals surface area contributed by atoms with Crippen molar-refractivity contribution in [2.45, 2.75) is 32.2 Å². The van der Waals surface area contributed by atoms with Gasteiger partial charge in [-0.3, -0.25) is 10.1 Å². The van der Waals surface area contributed by atoms with Gasteiger partial charge in [-0.2, -0.15) is 0 Å². The molecule has 0 aromatic heterocycles. The summed E-state index contributed by atoms with van der Waals surface area (Å²) in [6.45, 7) is 3.13. The van der Waals surface area contributed by atoms with Crippen LogP contribution in [-0.4, -0.2) is 24.6 Å². The van der Waals surface area contributed by atoms with Crippen LogP contribution in [0.15, 0.2) is 16.6 Å². The maximum Gasteiger partial charge on any atom is 0.274 e. The molecule has 1 aliphatic rings. The summed E-state index contributed by atoms with van der Waals surface area (Å²) in [5.41, 5.74) is 0.956. The number of nitro benzene ring substituents is 1. The zero-order chi connectivity index (χ0) is 14.0. The highest BCUT2D eigenvalue weighted by Crippen LogP contribution is 2.41. The molecular formula is C13H17BrN2O3. The molecule has 104 valence electrons. The van der Waals surface area contributed by atoms with Gasteiger partial charge in [0.25, 0.3) is 5.69 Å². The van der Waals surface area contributed by atoms with E-state index in [1.807, 2.05) is 0 Å². The molecule has 0 aliphatic carbocycles. The van der Waals surface area contributed by atoms with Gasteiger partial charge >= 0.3 is 0 Å². The van der Waals surface area contributed by atoms with Crippen molar-refractivity contribution in [3.8, 4) is 5.75 Å². The summed E-state index contributed by atoms with van der Waals surface area (Å²) in [5.74, 6) is 0.551. The van der Waals surface area contributed by atoms with Crippen LogP contribution in [0, 0.1) is 10.1 Å². The summed E-state index contributed by atoms with van der Waals surface area (Å²) in [6.07, 6.45) is 3.49. The summed E-state index contributed by atoms with van der Waals surface area (Å²) >= 11 is 3.44. The Morgan fingerprint density at radius 2 is 2.21 bits per heavy atom. The molecule has 1 aromatic rings. The van der Waals surface area contributed by atoms with Crippen LogP contribution in [0.4, 0.5) is 11.4 Å².